The van der Waals surface area contributed by atoms with Crippen molar-refractivity contribution < 1.29 is 29.6 Å². The number of carbonyl (C=O) groups is 1. The third-order valence-corrected chi connectivity index (χ3v) is 7.31. The summed E-state index contributed by atoms with van der Waals surface area (Å²) in [7, 11) is 0. The summed E-state index contributed by atoms with van der Waals surface area (Å²) in [5.74, 6) is 0.415. The molecule has 2 bridgehead atoms. The van der Waals surface area contributed by atoms with E-state index < -0.39 is 41.9 Å². The molecule has 9 atom stereocenters. The molecule has 0 spiro atoms. The first kappa shape index (κ1) is 24.0. The Morgan fingerprint density at radius 1 is 1.30 bits per heavy atom. The van der Waals surface area contributed by atoms with Crippen molar-refractivity contribution in [2.75, 3.05) is 18.9 Å². The molecule has 1 amide bonds. The molecule has 0 aromatic rings. The molecule has 2 saturated heterocycles. The average Bonchev–Trinajstić information content (AvgIpc) is 3.20. The molecule has 8 nitrogen and oxygen atoms in total. The van der Waals surface area contributed by atoms with Gasteiger partial charge in [0, 0.05) is 6.61 Å². The Labute approximate surface area is 182 Å². The number of amides is 1. The summed E-state index contributed by atoms with van der Waals surface area (Å²) in [5.41, 5.74) is -0.652. The van der Waals surface area contributed by atoms with Gasteiger partial charge in [0.15, 0.2) is 0 Å². The smallest absolute Gasteiger partial charge is 0.240 e. The van der Waals surface area contributed by atoms with E-state index in [1.165, 1.54) is 11.8 Å². The first-order chi connectivity index (χ1) is 14.4. The van der Waals surface area contributed by atoms with Crippen LogP contribution in [0.15, 0.2) is 12.2 Å². The summed E-state index contributed by atoms with van der Waals surface area (Å²) in [5, 5.41) is 37.6. The van der Waals surface area contributed by atoms with Crippen molar-refractivity contribution in [3.63, 3.8) is 0 Å². The van der Waals surface area contributed by atoms with Gasteiger partial charge in [-0.25, -0.2) is 0 Å². The van der Waals surface area contributed by atoms with Gasteiger partial charge in [0.2, 0.25) is 5.91 Å². The number of allylic oxidation sites excluding steroid dienone is 1. The predicted octanol–water partition coefficient (Wildman–Crippen LogP) is 0.155. The Kier molecular flexibility index (Phi) is 9.00. The van der Waals surface area contributed by atoms with Crippen molar-refractivity contribution in [2.45, 2.75) is 87.6 Å². The predicted molar refractivity (Wildman–Crippen MR) is 115 cm³/mol. The maximum absolute atomic E-state index is 13.1. The standard InChI is InChI=1S/C21H36N2O6S/c1-3-4-10-28-13-8-9-22-15(13)20(27)23-14-12(2)7-5-6-11-30-21-18(26)16(24)17(25)19(14)29-21/h5,7,12-19,21-22,24-26H,3-4,6,8-11H2,1-2H3,(H,23,27)/b7-5-. The minimum absolute atomic E-state index is 0.124. The fourth-order valence-electron chi connectivity index (χ4n) is 4.26. The van der Waals surface area contributed by atoms with E-state index in [9.17, 15) is 20.1 Å². The fourth-order valence-corrected chi connectivity index (χ4v) is 5.33. The molecule has 172 valence electrons. The Bertz CT molecular complexity index is 594. The van der Waals surface area contributed by atoms with Gasteiger partial charge in [0.1, 0.15) is 35.9 Å². The largest absolute Gasteiger partial charge is 0.388 e. The maximum Gasteiger partial charge on any atom is 0.240 e. The van der Waals surface area contributed by atoms with Crippen LogP contribution in [-0.2, 0) is 14.3 Å². The van der Waals surface area contributed by atoms with Gasteiger partial charge >= 0.3 is 0 Å². The Morgan fingerprint density at radius 2 is 2.10 bits per heavy atom. The molecule has 0 aliphatic carbocycles. The summed E-state index contributed by atoms with van der Waals surface area (Å²) in [6.07, 6.45) is 2.80. The first-order valence-electron chi connectivity index (χ1n) is 11.1. The monoisotopic (exact) mass is 444 g/mol. The van der Waals surface area contributed by atoms with E-state index in [-0.39, 0.29) is 17.9 Å². The van der Waals surface area contributed by atoms with Crippen LogP contribution in [0, 0.1) is 5.92 Å². The number of thioether (sulfide) groups is 1. The van der Waals surface area contributed by atoms with Gasteiger partial charge < -0.3 is 35.4 Å². The van der Waals surface area contributed by atoms with Crippen molar-refractivity contribution in [3.8, 4) is 0 Å². The Morgan fingerprint density at radius 3 is 2.87 bits per heavy atom. The zero-order valence-corrected chi connectivity index (χ0v) is 18.6. The van der Waals surface area contributed by atoms with E-state index in [0.29, 0.717) is 13.2 Å². The lowest BCUT2D eigenvalue weighted by Crippen LogP contribution is -2.65. The van der Waals surface area contributed by atoms with Gasteiger partial charge in [-0.2, -0.15) is 0 Å². The van der Waals surface area contributed by atoms with Gasteiger partial charge in [-0.1, -0.05) is 32.4 Å². The van der Waals surface area contributed by atoms with E-state index in [1.54, 1.807) is 0 Å². The Balaban J connectivity index is 1.75. The maximum atomic E-state index is 13.1. The zero-order chi connectivity index (χ0) is 21.7. The molecule has 3 aliphatic rings. The number of unbranched alkanes of at least 4 members (excludes halogenated alkanes) is 1. The van der Waals surface area contributed by atoms with Gasteiger partial charge in [0.05, 0.1) is 12.1 Å². The molecular formula is C21H36N2O6S. The molecule has 0 aromatic heterocycles. The summed E-state index contributed by atoms with van der Waals surface area (Å²) >= 11 is 1.41. The molecule has 3 rings (SSSR count). The van der Waals surface area contributed by atoms with Crippen LogP contribution in [0.5, 0.6) is 0 Å². The van der Waals surface area contributed by atoms with Crippen LogP contribution in [0.2, 0.25) is 0 Å². The van der Waals surface area contributed by atoms with Crippen molar-refractivity contribution >= 4 is 17.7 Å². The summed E-state index contributed by atoms with van der Waals surface area (Å²) in [4.78, 5) is 13.1. The summed E-state index contributed by atoms with van der Waals surface area (Å²) in [6.45, 7) is 5.39. The Hall–Kier alpha value is -0.680. The molecule has 9 heteroatoms. The summed E-state index contributed by atoms with van der Waals surface area (Å²) < 4.78 is 11.9. The zero-order valence-electron chi connectivity index (χ0n) is 17.8. The van der Waals surface area contributed by atoms with Gasteiger partial charge in [-0.3, -0.25) is 4.79 Å². The number of carbonyl (C=O) groups excluding carboxylic acids is 1. The molecule has 0 radical (unpaired) electrons. The SMILES string of the molecule is CCCCOC1CCNC1C(=O)NC1C(C)/C=C\CCSC2OC1C(O)C(O)C2O. The molecule has 30 heavy (non-hydrogen) atoms. The third kappa shape index (κ3) is 5.56. The number of aliphatic hydroxyl groups is 3. The minimum atomic E-state index is -1.33. The molecular weight excluding hydrogens is 408 g/mol. The minimum Gasteiger partial charge on any atom is -0.388 e. The number of hydrogen-bond acceptors (Lipinski definition) is 8. The molecule has 2 fully saturated rings. The first-order valence-corrected chi connectivity index (χ1v) is 12.1. The molecule has 0 saturated carbocycles. The van der Waals surface area contributed by atoms with E-state index >= 15 is 0 Å². The highest BCUT2D eigenvalue weighted by atomic mass is 32.2. The van der Waals surface area contributed by atoms with E-state index in [0.717, 1.165) is 31.4 Å². The van der Waals surface area contributed by atoms with Crippen LogP contribution in [0.4, 0.5) is 0 Å². The van der Waals surface area contributed by atoms with E-state index in [1.807, 2.05) is 13.0 Å². The number of nitrogens with one attached hydrogen (secondary N) is 2. The van der Waals surface area contributed by atoms with Crippen LogP contribution in [0.3, 0.4) is 0 Å². The third-order valence-electron chi connectivity index (χ3n) is 6.12. The normalized spacial score (nSPS) is 43.2. The average molecular weight is 445 g/mol. The van der Waals surface area contributed by atoms with Gasteiger partial charge in [0.25, 0.3) is 0 Å². The summed E-state index contributed by atoms with van der Waals surface area (Å²) in [6, 6.07) is -1.01. The topological polar surface area (TPSA) is 120 Å². The number of hydrogen-bond donors (Lipinski definition) is 5. The quantitative estimate of drug-likeness (QED) is 0.290. The van der Waals surface area contributed by atoms with Crippen LogP contribution >= 0.6 is 11.8 Å². The number of fused-ring (bicyclic) bond motifs is 2. The highest BCUT2D eigenvalue weighted by Gasteiger charge is 2.48. The molecule has 9 unspecified atom stereocenters. The fraction of sp³-hybridized carbons (Fsp3) is 0.857. The van der Waals surface area contributed by atoms with Crippen LogP contribution in [0.1, 0.15) is 39.5 Å². The second kappa shape index (κ2) is 11.3. The molecule has 3 heterocycles. The van der Waals surface area contributed by atoms with Crippen LogP contribution < -0.4 is 10.6 Å². The van der Waals surface area contributed by atoms with Crippen molar-refractivity contribution in [3.05, 3.63) is 12.2 Å². The lowest BCUT2D eigenvalue weighted by molar-refractivity contribution is -0.207. The highest BCUT2D eigenvalue weighted by molar-refractivity contribution is 7.99. The number of rotatable bonds is 6. The van der Waals surface area contributed by atoms with Crippen LogP contribution in [0.25, 0.3) is 0 Å². The lowest BCUT2D eigenvalue weighted by Gasteiger charge is -2.45. The molecule has 0 aromatic carbocycles. The van der Waals surface area contributed by atoms with E-state index in [2.05, 4.69) is 23.6 Å². The number of ether oxygens (including phenoxy) is 2. The molecule has 5 N–H and O–H groups in total. The van der Waals surface area contributed by atoms with E-state index in [4.69, 9.17) is 9.47 Å². The molecule has 3 aliphatic heterocycles. The van der Waals surface area contributed by atoms with Crippen molar-refractivity contribution in [2.24, 2.45) is 5.92 Å². The second-order valence-corrected chi connectivity index (χ2v) is 9.61. The van der Waals surface area contributed by atoms with Crippen LogP contribution in [-0.4, -0.2) is 88.2 Å². The number of aliphatic hydroxyl groups excluding tert-OH is 3. The van der Waals surface area contributed by atoms with Gasteiger partial charge in [-0.05, 0) is 37.5 Å². The van der Waals surface area contributed by atoms with Crippen molar-refractivity contribution in [1.29, 1.82) is 0 Å². The van der Waals surface area contributed by atoms with Gasteiger partial charge in [-0.15, -0.1) is 11.8 Å². The highest BCUT2D eigenvalue weighted by Crippen LogP contribution is 2.33. The lowest BCUT2D eigenvalue weighted by atomic mass is 9.87. The van der Waals surface area contributed by atoms with Crippen molar-refractivity contribution in [1.82, 2.24) is 10.6 Å². The second-order valence-electron chi connectivity index (χ2n) is 8.41.